The van der Waals surface area contributed by atoms with Crippen molar-refractivity contribution in [1.29, 1.82) is 0 Å². The molecule has 0 spiro atoms. The molecule has 0 saturated carbocycles. The van der Waals surface area contributed by atoms with Crippen LogP contribution in [0.25, 0.3) is 33.7 Å². The number of nitrogens with zero attached hydrogens (tertiary/aromatic N) is 4. The third-order valence-electron chi connectivity index (χ3n) is 4.75. The second kappa shape index (κ2) is 7.01. The lowest BCUT2D eigenvalue weighted by Crippen LogP contribution is -2.37. The first kappa shape index (κ1) is 16.8. The van der Waals surface area contributed by atoms with Gasteiger partial charge in [-0.1, -0.05) is 0 Å². The first-order chi connectivity index (χ1) is 13.8. The molecule has 28 heavy (non-hydrogen) atoms. The Morgan fingerprint density at radius 3 is 2.43 bits per heavy atom. The predicted octanol–water partition coefficient (Wildman–Crippen LogP) is 3.93. The van der Waals surface area contributed by atoms with Crippen LogP contribution in [0.5, 0.6) is 0 Å². The van der Waals surface area contributed by atoms with Gasteiger partial charge in [-0.3, -0.25) is 0 Å². The van der Waals surface area contributed by atoms with Gasteiger partial charge in [0, 0.05) is 18.7 Å². The molecule has 1 fully saturated rings. The average molecular weight is 376 g/mol. The standard InChI is InChI=1S/C21H17FN4O2/c22-16-3-1-14(2-4-16)17-5-6-18-19(23-17)21(26-8-11-27-12-9-26)25-20(24-18)15-7-10-28-13-15/h1-7,10,13H,8-9,11-12H2. The normalized spacial score (nSPS) is 14.5. The van der Waals surface area contributed by atoms with Crippen LogP contribution in [-0.4, -0.2) is 41.3 Å². The monoisotopic (exact) mass is 376 g/mol. The van der Waals surface area contributed by atoms with E-state index >= 15 is 0 Å². The molecule has 5 rings (SSSR count). The summed E-state index contributed by atoms with van der Waals surface area (Å²) >= 11 is 0. The average Bonchev–Trinajstić information content (AvgIpc) is 3.29. The van der Waals surface area contributed by atoms with Gasteiger partial charge in [0.05, 0.1) is 36.3 Å². The Balaban J connectivity index is 1.68. The lowest BCUT2D eigenvalue weighted by atomic mass is 10.1. The fraction of sp³-hybridized carbons (Fsp3) is 0.190. The maximum absolute atomic E-state index is 13.3. The molecular formula is C21H17FN4O2. The number of ether oxygens (including phenoxy) is 1. The fourth-order valence-electron chi connectivity index (χ4n) is 3.30. The molecule has 3 aromatic heterocycles. The smallest absolute Gasteiger partial charge is 0.165 e. The molecule has 1 aromatic carbocycles. The van der Waals surface area contributed by atoms with E-state index < -0.39 is 0 Å². The molecule has 140 valence electrons. The molecule has 4 aromatic rings. The summed E-state index contributed by atoms with van der Waals surface area (Å²) in [4.78, 5) is 16.4. The van der Waals surface area contributed by atoms with Crippen LogP contribution < -0.4 is 4.90 Å². The molecule has 7 heteroatoms. The molecule has 1 saturated heterocycles. The van der Waals surface area contributed by atoms with E-state index in [-0.39, 0.29) is 5.82 Å². The Hall–Kier alpha value is -3.32. The molecule has 0 unspecified atom stereocenters. The highest BCUT2D eigenvalue weighted by Gasteiger charge is 2.20. The van der Waals surface area contributed by atoms with Crippen molar-refractivity contribution in [2.75, 3.05) is 31.2 Å². The van der Waals surface area contributed by atoms with Crippen molar-refractivity contribution in [2.45, 2.75) is 0 Å². The molecule has 0 aliphatic carbocycles. The third-order valence-corrected chi connectivity index (χ3v) is 4.75. The van der Waals surface area contributed by atoms with Gasteiger partial charge < -0.3 is 14.1 Å². The number of morpholine rings is 1. The van der Waals surface area contributed by atoms with Gasteiger partial charge in [-0.25, -0.2) is 19.3 Å². The van der Waals surface area contributed by atoms with E-state index in [1.807, 2.05) is 18.2 Å². The highest BCUT2D eigenvalue weighted by atomic mass is 19.1. The minimum atomic E-state index is -0.272. The van der Waals surface area contributed by atoms with Crippen molar-refractivity contribution in [2.24, 2.45) is 0 Å². The van der Waals surface area contributed by atoms with Gasteiger partial charge in [-0.05, 0) is 42.5 Å². The number of anilines is 1. The maximum atomic E-state index is 13.3. The first-order valence-corrected chi connectivity index (χ1v) is 9.08. The van der Waals surface area contributed by atoms with E-state index in [4.69, 9.17) is 19.1 Å². The zero-order chi connectivity index (χ0) is 18.9. The number of rotatable bonds is 3. The summed E-state index contributed by atoms with van der Waals surface area (Å²) in [6.45, 7) is 2.76. The van der Waals surface area contributed by atoms with Crippen molar-refractivity contribution in [3.8, 4) is 22.6 Å². The van der Waals surface area contributed by atoms with Gasteiger partial charge in [0.25, 0.3) is 0 Å². The number of hydrogen-bond donors (Lipinski definition) is 0. The van der Waals surface area contributed by atoms with Gasteiger partial charge in [-0.15, -0.1) is 0 Å². The van der Waals surface area contributed by atoms with E-state index in [0.29, 0.717) is 19.0 Å². The Morgan fingerprint density at radius 2 is 1.68 bits per heavy atom. The van der Waals surface area contributed by atoms with Crippen LogP contribution in [-0.2, 0) is 4.74 Å². The number of benzene rings is 1. The zero-order valence-corrected chi connectivity index (χ0v) is 15.0. The van der Waals surface area contributed by atoms with Gasteiger partial charge in [0.15, 0.2) is 11.6 Å². The maximum Gasteiger partial charge on any atom is 0.165 e. The number of fused-ring (bicyclic) bond motifs is 1. The summed E-state index contributed by atoms with van der Waals surface area (Å²) in [5.41, 5.74) is 3.88. The quantitative estimate of drug-likeness (QED) is 0.540. The number of hydrogen-bond acceptors (Lipinski definition) is 6. The minimum Gasteiger partial charge on any atom is -0.472 e. The highest BCUT2D eigenvalue weighted by molar-refractivity contribution is 5.89. The molecule has 1 aliphatic rings. The molecule has 4 heterocycles. The molecule has 0 bridgehead atoms. The molecule has 1 aliphatic heterocycles. The molecule has 6 nitrogen and oxygen atoms in total. The second-order valence-electron chi connectivity index (χ2n) is 6.55. The van der Waals surface area contributed by atoms with Crippen LogP contribution in [0.2, 0.25) is 0 Å². The Bertz CT molecular complexity index is 1110. The predicted molar refractivity (Wildman–Crippen MR) is 103 cm³/mol. The van der Waals surface area contributed by atoms with Crippen molar-refractivity contribution >= 4 is 16.9 Å². The summed E-state index contributed by atoms with van der Waals surface area (Å²) in [5.74, 6) is 1.10. The Kier molecular flexibility index (Phi) is 4.21. The van der Waals surface area contributed by atoms with Crippen molar-refractivity contribution < 1.29 is 13.5 Å². The van der Waals surface area contributed by atoms with Gasteiger partial charge >= 0.3 is 0 Å². The van der Waals surface area contributed by atoms with E-state index in [1.54, 1.807) is 24.7 Å². The SMILES string of the molecule is Fc1ccc(-c2ccc3nc(-c4ccoc4)nc(N4CCOCC4)c3n2)cc1. The summed E-state index contributed by atoms with van der Waals surface area (Å²) in [6.07, 6.45) is 3.23. The highest BCUT2D eigenvalue weighted by Crippen LogP contribution is 2.29. The van der Waals surface area contributed by atoms with Crippen LogP contribution in [0.15, 0.2) is 59.4 Å². The van der Waals surface area contributed by atoms with Crippen molar-refractivity contribution in [1.82, 2.24) is 15.0 Å². The summed E-state index contributed by atoms with van der Waals surface area (Å²) in [5, 5.41) is 0. The van der Waals surface area contributed by atoms with Crippen LogP contribution in [0, 0.1) is 5.82 Å². The number of halogens is 1. The van der Waals surface area contributed by atoms with E-state index in [0.717, 1.165) is 46.8 Å². The van der Waals surface area contributed by atoms with E-state index in [1.165, 1.54) is 12.1 Å². The Labute approximate surface area is 160 Å². The summed E-state index contributed by atoms with van der Waals surface area (Å²) in [6, 6.07) is 12.0. The lowest BCUT2D eigenvalue weighted by molar-refractivity contribution is 0.122. The summed E-state index contributed by atoms with van der Waals surface area (Å²) in [7, 11) is 0. The van der Waals surface area contributed by atoms with Crippen LogP contribution in [0.3, 0.4) is 0 Å². The first-order valence-electron chi connectivity index (χ1n) is 9.08. The number of aromatic nitrogens is 3. The second-order valence-corrected chi connectivity index (χ2v) is 6.55. The molecule has 0 N–H and O–H groups in total. The van der Waals surface area contributed by atoms with Gasteiger partial charge in [-0.2, -0.15) is 0 Å². The summed E-state index contributed by atoms with van der Waals surface area (Å²) < 4.78 is 24.0. The van der Waals surface area contributed by atoms with Crippen molar-refractivity contribution in [3.63, 3.8) is 0 Å². The van der Waals surface area contributed by atoms with Crippen LogP contribution in [0.1, 0.15) is 0 Å². The molecule has 0 amide bonds. The molecular weight excluding hydrogens is 359 g/mol. The van der Waals surface area contributed by atoms with E-state index in [2.05, 4.69) is 9.88 Å². The molecule has 0 atom stereocenters. The van der Waals surface area contributed by atoms with Gasteiger partial charge in [0.2, 0.25) is 0 Å². The van der Waals surface area contributed by atoms with Crippen molar-refractivity contribution in [3.05, 3.63) is 60.8 Å². The van der Waals surface area contributed by atoms with Crippen LogP contribution >= 0.6 is 0 Å². The lowest BCUT2D eigenvalue weighted by Gasteiger charge is -2.28. The number of pyridine rings is 1. The van der Waals surface area contributed by atoms with Gasteiger partial charge in [0.1, 0.15) is 17.6 Å². The third kappa shape index (κ3) is 3.10. The Morgan fingerprint density at radius 1 is 0.857 bits per heavy atom. The van der Waals surface area contributed by atoms with E-state index in [9.17, 15) is 4.39 Å². The minimum absolute atomic E-state index is 0.272. The largest absolute Gasteiger partial charge is 0.472 e. The van der Waals surface area contributed by atoms with Crippen LogP contribution in [0.4, 0.5) is 10.2 Å². The fourth-order valence-corrected chi connectivity index (χ4v) is 3.30. The number of furan rings is 1. The molecule has 0 radical (unpaired) electrons. The topological polar surface area (TPSA) is 64.3 Å². The zero-order valence-electron chi connectivity index (χ0n) is 15.0.